The van der Waals surface area contributed by atoms with Crippen molar-refractivity contribution in [3.63, 3.8) is 0 Å². The van der Waals surface area contributed by atoms with Crippen LogP contribution in [0.3, 0.4) is 0 Å². The van der Waals surface area contributed by atoms with Gasteiger partial charge in [-0.3, -0.25) is 15.0 Å². The van der Waals surface area contributed by atoms with E-state index in [1.54, 1.807) is 12.1 Å². The van der Waals surface area contributed by atoms with Gasteiger partial charge in [0.15, 0.2) is 0 Å². The van der Waals surface area contributed by atoms with Crippen molar-refractivity contribution >= 4 is 5.69 Å². The molecule has 1 aromatic rings. The summed E-state index contributed by atoms with van der Waals surface area (Å²) >= 11 is 0. The quantitative estimate of drug-likeness (QED) is 0.668. The van der Waals surface area contributed by atoms with Crippen LogP contribution in [-0.2, 0) is 0 Å². The van der Waals surface area contributed by atoms with Crippen LogP contribution in [0.15, 0.2) is 24.3 Å². The minimum Gasteiger partial charge on any atom is -0.328 e. The molecule has 0 saturated carbocycles. The van der Waals surface area contributed by atoms with E-state index in [-0.39, 0.29) is 22.7 Å². The van der Waals surface area contributed by atoms with Crippen molar-refractivity contribution in [3.05, 3.63) is 39.9 Å². The summed E-state index contributed by atoms with van der Waals surface area (Å²) < 4.78 is 0. The second-order valence-corrected chi connectivity index (χ2v) is 5.43. The lowest BCUT2D eigenvalue weighted by Gasteiger charge is -2.25. The summed E-state index contributed by atoms with van der Waals surface area (Å²) in [5.41, 5.74) is 7.22. The number of non-ortho nitro benzene ring substituents is 1. The van der Waals surface area contributed by atoms with Crippen LogP contribution in [0.4, 0.5) is 5.69 Å². The summed E-state index contributed by atoms with van der Waals surface area (Å²) in [6, 6.07) is 7.36. The summed E-state index contributed by atoms with van der Waals surface area (Å²) in [5, 5.41) is 10.6. The van der Waals surface area contributed by atoms with E-state index >= 15 is 0 Å². The second kappa shape index (κ2) is 5.67. The van der Waals surface area contributed by atoms with Crippen LogP contribution in [0.25, 0.3) is 0 Å². The molecular formula is C14H21N3O2. The van der Waals surface area contributed by atoms with Gasteiger partial charge in [-0.15, -0.1) is 0 Å². The Morgan fingerprint density at radius 1 is 1.37 bits per heavy atom. The van der Waals surface area contributed by atoms with Crippen LogP contribution in [0.2, 0.25) is 0 Å². The molecule has 1 aromatic carbocycles. The largest absolute Gasteiger partial charge is 0.328 e. The van der Waals surface area contributed by atoms with E-state index in [0.29, 0.717) is 5.92 Å². The van der Waals surface area contributed by atoms with Gasteiger partial charge in [-0.2, -0.15) is 0 Å². The molecule has 1 saturated heterocycles. The van der Waals surface area contributed by atoms with Crippen LogP contribution in [0, 0.1) is 16.0 Å². The van der Waals surface area contributed by atoms with Crippen molar-refractivity contribution in [2.24, 2.45) is 11.7 Å². The molecule has 3 atom stereocenters. The molecule has 5 heteroatoms. The number of nitro benzene ring substituents is 1. The Hall–Kier alpha value is -1.46. The number of rotatable bonds is 4. The van der Waals surface area contributed by atoms with Gasteiger partial charge in [0.05, 0.1) is 4.92 Å². The van der Waals surface area contributed by atoms with Crippen molar-refractivity contribution in [2.75, 3.05) is 13.1 Å². The van der Waals surface area contributed by atoms with E-state index in [0.717, 1.165) is 25.1 Å². The van der Waals surface area contributed by atoms with E-state index in [4.69, 9.17) is 5.73 Å². The number of hydrogen-bond acceptors (Lipinski definition) is 4. The monoisotopic (exact) mass is 263 g/mol. The number of nitrogens with two attached hydrogens (primary N) is 1. The van der Waals surface area contributed by atoms with Gasteiger partial charge >= 0.3 is 0 Å². The highest BCUT2D eigenvalue weighted by Crippen LogP contribution is 2.29. The van der Waals surface area contributed by atoms with E-state index in [1.807, 2.05) is 12.1 Å². The Kier molecular flexibility index (Phi) is 4.17. The average Bonchev–Trinajstić information content (AvgIpc) is 2.87. The van der Waals surface area contributed by atoms with Gasteiger partial charge in [0, 0.05) is 30.8 Å². The van der Waals surface area contributed by atoms with Crippen LogP contribution < -0.4 is 5.73 Å². The van der Waals surface area contributed by atoms with Crippen molar-refractivity contribution in [2.45, 2.75) is 32.4 Å². The fourth-order valence-corrected chi connectivity index (χ4v) is 2.68. The number of hydrogen-bond donors (Lipinski definition) is 1. The van der Waals surface area contributed by atoms with E-state index in [9.17, 15) is 10.1 Å². The van der Waals surface area contributed by atoms with Crippen molar-refractivity contribution < 1.29 is 4.92 Å². The van der Waals surface area contributed by atoms with Crippen LogP contribution in [0.5, 0.6) is 0 Å². The third-order valence-corrected chi connectivity index (χ3v) is 4.13. The van der Waals surface area contributed by atoms with E-state index < -0.39 is 0 Å². The molecule has 0 aromatic heterocycles. The zero-order chi connectivity index (χ0) is 14.0. The third kappa shape index (κ3) is 3.11. The zero-order valence-corrected chi connectivity index (χ0v) is 11.5. The molecule has 1 aliphatic rings. The molecule has 1 aliphatic heterocycles. The van der Waals surface area contributed by atoms with Crippen molar-refractivity contribution in [1.82, 2.24) is 4.90 Å². The Morgan fingerprint density at radius 2 is 2.00 bits per heavy atom. The first-order valence-corrected chi connectivity index (χ1v) is 6.73. The predicted octanol–water partition coefficient (Wildman–Crippen LogP) is 2.32. The molecule has 0 bridgehead atoms. The predicted molar refractivity (Wildman–Crippen MR) is 74.8 cm³/mol. The molecule has 5 nitrogen and oxygen atoms in total. The van der Waals surface area contributed by atoms with Gasteiger partial charge in [0.1, 0.15) is 0 Å². The number of nitro groups is 1. The number of likely N-dealkylation sites (tertiary alicyclic amines) is 1. The topological polar surface area (TPSA) is 72.4 Å². The lowest BCUT2D eigenvalue weighted by atomic mass is 10.0. The summed E-state index contributed by atoms with van der Waals surface area (Å²) in [6.07, 6.45) is 1.13. The summed E-state index contributed by atoms with van der Waals surface area (Å²) in [6.45, 7) is 6.26. The highest BCUT2D eigenvalue weighted by molar-refractivity contribution is 5.34. The zero-order valence-electron chi connectivity index (χ0n) is 11.5. The highest BCUT2D eigenvalue weighted by Gasteiger charge is 2.28. The summed E-state index contributed by atoms with van der Waals surface area (Å²) in [5.74, 6) is 0.556. The molecule has 0 spiro atoms. The Bertz CT molecular complexity index is 445. The second-order valence-electron chi connectivity index (χ2n) is 5.43. The molecule has 1 heterocycles. The Labute approximate surface area is 113 Å². The molecule has 2 N–H and O–H groups in total. The summed E-state index contributed by atoms with van der Waals surface area (Å²) in [4.78, 5) is 12.7. The third-order valence-electron chi connectivity index (χ3n) is 4.13. The van der Waals surface area contributed by atoms with Gasteiger partial charge < -0.3 is 5.73 Å². The van der Waals surface area contributed by atoms with Crippen molar-refractivity contribution in [1.29, 1.82) is 0 Å². The maximum atomic E-state index is 10.6. The van der Waals surface area contributed by atoms with E-state index in [1.165, 1.54) is 0 Å². The van der Waals surface area contributed by atoms with Crippen LogP contribution in [0.1, 0.15) is 31.9 Å². The van der Waals surface area contributed by atoms with Crippen LogP contribution in [-0.4, -0.2) is 29.0 Å². The SMILES string of the molecule is CC(N)C1CCN(C(C)c2ccc([N+](=O)[O-])cc2)C1. The maximum Gasteiger partial charge on any atom is 0.269 e. The molecule has 3 unspecified atom stereocenters. The minimum atomic E-state index is -0.365. The van der Waals surface area contributed by atoms with Gasteiger partial charge in [-0.25, -0.2) is 0 Å². The summed E-state index contributed by atoms with van der Waals surface area (Å²) in [7, 11) is 0. The molecule has 19 heavy (non-hydrogen) atoms. The molecule has 0 amide bonds. The molecule has 104 valence electrons. The standard InChI is InChI=1S/C14H21N3O2/c1-10(15)13-7-8-16(9-13)11(2)12-3-5-14(6-4-12)17(18)19/h3-6,10-11,13H,7-9,15H2,1-2H3. The molecule has 0 radical (unpaired) electrons. The first kappa shape index (κ1) is 14.0. The average molecular weight is 263 g/mol. The number of benzene rings is 1. The first-order chi connectivity index (χ1) is 8.99. The lowest BCUT2D eigenvalue weighted by Crippen LogP contribution is -2.30. The maximum absolute atomic E-state index is 10.6. The smallest absolute Gasteiger partial charge is 0.269 e. The Morgan fingerprint density at radius 3 is 2.47 bits per heavy atom. The first-order valence-electron chi connectivity index (χ1n) is 6.73. The van der Waals surface area contributed by atoms with E-state index in [2.05, 4.69) is 18.7 Å². The fourth-order valence-electron chi connectivity index (χ4n) is 2.68. The van der Waals surface area contributed by atoms with Gasteiger partial charge in [0.2, 0.25) is 0 Å². The van der Waals surface area contributed by atoms with Gasteiger partial charge in [-0.05, 0) is 38.3 Å². The number of nitrogens with zero attached hydrogens (tertiary/aromatic N) is 2. The van der Waals surface area contributed by atoms with Gasteiger partial charge in [-0.1, -0.05) is 12.1 Å². The van der Waals surface area contributed by atoms with Crippen LogP contribution >= 0.6 is 0 Å². The minimum absolute atomic E-state index is 0.144. The Balaban J connectivity index is 2.04. The fraction of sp³-hybridized carbons (Fsp3) is 0.571. The lowest BCUT2D eigenvalue weighted by molar-refractivity contribution is -0.384. The highest BCUT2D eigenvalue weighted by atomic mass is 16.6. The molecular weight excluding hydrogens is 242 g/mol. The molecule has 2 rings (SSSR count). The molecule has 1 fully saturated rings. The van der Waals surface area contributed by atoms with Gasteiger partial charge in [0.25, 0.3) is 5.69 Å². The molecule has 0 aliphatic carbocycles. The van der Waals surface area contributed by atoms with Crippen molar-refractivity contribution in [3.8, 4) is 0 Å². The normalized spacial score (nSPS) is 23.2.